The molecular formula is C14H23NO. The quantitative estimate of drug-likeness (QED) is 0.683. The van der Waals surface area contributed by atoms with E-state index in [4.69, 9.17) is 10.5 Å². The Kier molecular flexibility index (Phi) is 6.66. The molecule has 0 bridgehead atoms. The number of hydrogen-bond acceptors (Lipinski definition) is 2. The van der Waals surface area contributed by atoms with Crippen LogP contribution in [-0.2, 0) is 0 Å². The van der Waals surface area contributed by atoms with Gasteiger partial charge < -0.3 is 10.5 Å². The molecule has 2 heteroatoms. The molecule has 90 valence electrons. The smallest absolute Gasteiger partial charge is 0.119 e. The van der Waals surface area contributed by atoms with E-state index < -0.39 is 0 Å². The van der Waals surface area contributed by atoms with Crippen LogP contribution in [0.5, 0.6) is 5.75 Å². The van der Waals surface area contributed by atoms with Gasteiger partial charge in [-0.15, -0.1) is 0 Å². The van der Waals surface area contributed by atoms with Gasteiger partial charge in [0.15, 0.2) is 0 Å². The van der Waals surface area contributed by atoms with Gasteiger partial charge in [-0.25, -0.2) is 0 Å². The summed E-state index contributed by atoms with van der Waals surface area (Å²) in [5, 5.41) is 0. The maximum absolute atomic E-state index is 5.98. The van der Waals surface area contributed by atoms with Crippen LogP contribution < -0.4 is 10.5 Å². The molecule has 0 saturated carbocycles. The summed E-state index contributed by atoms with van der Waals surface area (Å²) < 4.78 is 5.60. The van der Waals surface area contributed by atoms with Crippen LogP contribution in [0.15, 0.2) is 30.3 Å². The summed E-state index contributed by atoms with van der Waals surface area (Å²) in [6, 6.07) is 10.0. The fourth-order valence-corrected chi connectivity index (χ4v) is 1.64. The summed E-state index contributed by atoms with van der Waals surface area (Å²) >= 11 is 0. The molecule has 0 radical (unpaired) electrons. The van der Waals surface area contributed by atoms with E-state index in [9.17, 15) is 0 Å². The highest BCUT2D eigenvalue weighted by Crippen LogP contribution is 2.10. The maximum Gasteiger partial charge on any atom is 0.119 e. The number of benzene rings is 1. The van der Waals surface area contributed by atoms with Gasteiger partial charge >= 0.3 is 0 Å². The molecule has 0 aliphatic rings. The molecule has 1 rings (SSSR count). The zero-order valence-electron chi connectivity index (χ0n) is 10.2. The molecule has 1 aromatic rings. The first kappa shape index (κ1) is 13.0. The predicted molar refractivity (Wildman–Crippen MR) is 68.7 cm³/mol. The number of ether oxygens (including phenoxy) is 1. The van der Waals surface area contributed by atoms with Crippen molar-refractivity contribution in [2.45, 2.75) is 45.1 Å². The second kappa shape index (κ2) is 8.17. The van der Waals surface area contributed by atoms with Crippen molar-refractivity contribution in [3.63, 3.8) is 0 Å². The first-order valence-corrected chi connectivity index (χ1v) is 6.26. The van der Waals surface area contributed by atoms with Crippen LogP contribution in [0.4, 0.5) is 0 Å². The van der Waals surface area contributed by atoms with Crippen molar-refractivity contribution in [2.24, 2.45) is 5.73 Å². The third kappa shape index (κ3) is 5.76. The summed E-state index contributed by atoms with van der Waals surface area (Å²) in [5.41, 5.74) is 5.98. The summed E-state index contributed by atoms with van der Waals surface area (Å²) in [6.07, 6.45) is 6.15. The molecule has 0 saturated heterocycles. The highest BCUT2D eigenvalue weighted by atomic mass is 16.5. The summed E-state index contributed by atoms with van der Waals surface area (Å²) in [4.78, 5) is 0. The topological polar surface area (TPSA) is 35.2 Å². The highest BCUT2D eigenvalue weighted by molar-refractivity contribution is 5.20. The van der Waals surface area contributed by atoms with Crippen LogP contribution in [0, 0.1) is 0 Å². The molecular weight excluding hydrogens is 198 g/mol. The van der Waals surface area contributed by atoms with Crippen LogP contribution in [0.25, 0.3) is 0 Å². The van der Waals surface area contributed by atoms with Gasteiger partial charge in [0.1, 0.15) is 12.4 Å². The van der Waals surface area contributed by atoms with Gasteiger partial charge in [-0.05, 0) is 18.6 Å². The second-order valence-corrected chi connectivity index (χ2v) is 4.23. The summed E-state index contributed by atoms with van der Waals surface area (Å²) in [5.74, 6) is 0.909. The molecule has 1 atom stereocenters. The molecule has 0 aliphatic heterocycles. The van der Waals surface area contributed by atoms with E-state index in [-0.39, 0.29) is 6.04 Å². The number of nitrogens with two attached hydrogens (primary N) is 1. The van der Waals surface area contributed by atoms with E-state index in [0.717, 1.165) is 12.2 Å². The van der Waals surface area contributed by atoms with E-state index in [1.165, 1.54) is 25.7 Å². The number of hydrogen-bond donors (Lipinski definition) is 1. The second-order valence-electron chi connectivity index (χ2n) is 4.23. The van der Waals surface area contributed by atoms with Gasteiger partial charge in [-0.2, -0.15) is 0 Å². The molecule has 2 N–H and O–H groups in total. The Balaban J connectivity index is 2.08. The molecule has 16 heavy (non-hydrogen) atoms. The maximum atomic E-state index is 5.98. The van der Waals surface area contributed by atoms with E-state index in [1.807, 2.05) is 30.3 Å². The first-order chi connectivity index (χ1) is 7.83. The molecule has 0 heterocycles. The summed E-state index contributed by atoms with van der Waals surface area (Å²) in [7, 11) is 0. The highest BCUT2D eigenvalue weighted by Gasteiger charge is 2.03. The largest absolute Gasteiger partial charge is 0.492 e. The minimum atomic E-state index is 0.164. The molecule has 0 fully saturated rings. The van der Waals surface area contributed by atoms with E-state index in [0.29, 0.717) is 6.61 Å². The molecule has 0 spiro atoms. The van der Waals surface area contributed by atoms with Gasteiger partial charge in [-0.3, -0.25) is 0 Å². The molecule has 1 unspecified atom stereocenters. The van der Waals surface area contributed by atoms with Crippen LogP contribution in [0.2, 0.25) is 0 Å². The molecule has 1 aromatic carbocycles. The van der Waals surface area contributed by atoms with Crippen molar-refractivity contribution in [3.8, 4) is 5.75 Å². The lowest BCUT2D eigenvalue weighted by Gasteiger charge is -2.12. The Labute approximate surface area is 98.8 Å². The monoisotopic (exact) mass is 221 g/mol. The Morgan fingerprint density at radius 3 is 2.56 bits per heavy atom. The fourth-order valence-electron chi connectivity index (χ4n) is 1.64. The zero-order valence-corrected chi connectivity index (χ0v) is 10.2. The van der Waals surface area contributed by atoms with E-state index in [1.54, 1.807) is 0 Å². The Morgan fingerprint density at radius 1 is 1.12 bits per heavy atom. The van der Waals surface area contributed by atoms with Crippen LogP contribution in [-0.4, -0.2) is 12.6 Å². The van der Waals surface area contributed by atoms with E-state index >= 15 is 0 Å². The minimum Gasteiger partial charge on any atom is -0.492 e. The van der Waals surface area contributed by atoms with Crippen molar-refractivity contribution < 1.29 is 4.74 Å². The minimum absolute atomic E-state index is 0.164. The van der Waals surface area contributed by atoms with Crippen molar-refractivity contribution in [3.05, 3.63) is 30.3 Å². The zero-order chi connectivity index (χ0) is 11.6. The van der Waals surface area contributed by atoms with Gasteiger partial charge in [0.05, 0.1) is 0 Å². The van der Waals surface area contributed by atoms with Gasteiger partial charge in [0, 0.05) is 6.04 Å². The lowest BCUT2D eigenvalue weighted by Crippen LogP contribution is -2.27. The Morgan fingerprint density at radius 2 is 1.88 bits per heavy atom. The third-order valence-electron chi connectivity index (χ3n) is 2.64. The number of unbranched alkanes of at least 4 members (excludes halogenated alkanes) is 3. The molecule has 0 aliphatic carbocycles. The van der Waals surface area contributed by atoms with Crippen molar-refractivity contribution in [1.82, 2.24) is 0 Å². The average Bonchev–Trinajstić information content (AvgIpc) is 2.33. The molecule has 2 nitrogen and oxygen atoms in total. The number of rotatable bonds is 8. The molecule has 0 aromatic heterocycles. The van der Waals surface area contributed by atoms with Crippen molar-refractivity contribution >= 4 is 0 Å². The normalized spacial score (nSPS) is 12.4. The van der Waals surface area contributed by atoms with Crippen molar-refractivity contribution in [1.29, 1.82) is 0 Å². The predicted octanol–water partition coefficient (Wildman–Crippen LogP) is 3.36. The lowest BCUT2D eigenvalue weighted by atomic mass is 10.1. The molecule has 0 amide bonds. The fraction of sp³-hybridized carbons (Fsp3) is 0.571. The lowest BCUT2D eigenvalue weighted by molar-refractivity contribution is 0.279. The van der Waals surface area contributed by atoms with Crippen molar-refractivity contribution in [2.75, 3.05) is 6.61 Å². The van der Waals surface area contributed by atoms with Gasteiger partial charge in [0.25, 0.3) is 0 Å². The number of para-hydroxylation sites is 1. The van der Waals surface area contributed by atoms with Crippen LogP contribution >= 0.6 is 0 Å². The summed E-state index contributed by atoms with van der Waals surface area (Å²) in [6.45, 7) is 2.84. The van der Waals surface area contributed by atoms with Gasteiger partial charge in [-0.1, -0.05) is 50.8 Å². The third-order valence-corrected chi connectivity index (χ3v) is 2.64. The van der Waals surface area contributed by atoms with Crippen LogP contribution in [0.3, 0.4) is 0 Å². The standard InChI is InChI=1S/C14H23NO/c1-2-3-4-6-9-13(15)12-16-14-10-7-5-8-11-14/h5,7-8,10-11,13H,2-4,6,9,12,15H2,1H3. The average molecular weight is 221 g/mol. The van der Waals surface area contributed by atoms with Gasteiger partial charge in [0.2, 0.25) is 0 Å². The Hall–Kier alpha value is -1.02. The van der Waals surface area contributed by atoms with Crippen LogP contribution in [0.1, 0.15) is 39.0 Å². The SMILES string of the molecule is CCCCCCC(N)COc1ccccc1. The Bertz CT molecular complexity index is 261. The first-order valence-electron chi connectivity index (χ1n) is 6.26. The van der Waals surface area contributed by atoms with E-state index in [2.05, 4.69) is 6.92 Å².